The van der Waals surface area contributed by atoms with E-state index in [-0.39, 0.29) is 18.5 Å². The number of rotatable bonds is 4. The molecule has 1 aromatic heterocycles. The van der Waals surface area contributed by atoms with Crippen molar-refractivity contribution in [2.75, 3.05) is 13.7 Å². The Hall–Kier alpha value is -1.78. The molecule has 0 aromatic carbocycles. The third-order valence-electron chi connectivity index (χ3n) is 2.18. The predicted octanol–water partition coefficient (Wildman–Crippen LogP) is 1.30. The van der Waals surface area contributed by atoms with Crippen LogP contribution in [0, 0.1) is 0 Å². The Bertz CT molecular complexity index is 356. The number of furan rings is 1. The summed E-state index contributed by atoms with van der Waals surface area (Å²) in [6.07, 6.45) is 2.78. The van der Waals surface area contributed by atoms with Crippen molar-refractivity contribution in [1.29, 1.82) is 0 Å². The fourth-order valence-electron chi connectivity index (χ4n) is 1.24. The number of amides is 1. The fraction of sp³-hybridized carbons (Fsp3) is 0.455. The molecule has 0 spiro atoms. The van der Waals surface area contributed by atoms with Gasteiger partial charge in [0.15, 0.2) is 0 Å². The van der Waals surface area contributed by atoms with E-state index in [0.29, 0.717) is 5.56 Å². The van der Waals surface area contributed by atoms with E-state index in [1.54, 1.807) is 6.07 Å². The molecule has 0 aliphatic carbocycles. The van der Waals surface area contributed by atoms with Crippen LogP contribution in [0.5, 0.6) is 0 Å². The van der Waals surface area contributed by atoms with Crippen LogP contribution >= 0.6 is 0 Å². The molecule has 1 heterocycles. The number of carbonyl (C=O) groups is 2. The minimum Gasteiger partial charge on any atom is -0.472 e. The number of carbonyl (C=O) groups excluding carboxylic acids is 2. The molecule has 0 N–H and O–H groups in total. The van der Waals surface area contributed by atoms with Crippen molar-refractivity contribution in [1.82, 2.24) is 4.90 Å². The number of esters is 1. The lowest BCUT2D eigenvalue weighted by Gasteiger charge is -2.24. The van der Waals surface area contributed by atoms with Crippen molar-refractivity contribution in [2.45, 2.75) is 19.9 Å². The van der Waals surface area contributed by atoms with Gasteiger partial charge in [-0.05, 0) is 19.9 Å². The van der Waals surface area contributed by atoms with Crippen LogP contribution in [0.1, 0.15) is 24.2 Å². The van der Waals surface area contributed by atoms with Gasteiger partial charge in [0, 0.05) is 6.04 Å². The van der Waals surface area contributed by atoms with E-state index in [4.69, 9.17) is 4.42 Å². The molecule has 0 atom stereocenters. The lowest BCUT2D eigenvalue weighted by molar-refractivity contribution is -0.141. The number of hydrogen-bond donors (Lipinski definition) is 0. The van der Waals surface area contributed by atoms with Crippen molar-refractivity contribution in [2.24, 2.45) is 0 Å². The quantitative estimate of drug-likeness (QED) is 0.725. The third-order valence-corrected chi connectivity index (χ3v) is 2.18. The minimum absolute atomic E-state index is 0.0574. The summed E-state index contributed by atoms with van der Waals surface area (Å²) in [7, 11) is 1.29. The molecule has 0 unspecified atom stereocenters. The normalized spacial score (nSPS) is 10.2. The molecule has 0 aliphatic rings. The van der Waals surface area contributed by atoms with Crippen molar-refractivity contribution in [3.8, 4) is 0 Å². The molecule has 5 heteroatoms. The van der Waals surface area contributed by atoms with E-state index >= 15 is 0 Å². The van der Waals surface area contributed by atoms with Gasteiger partial charge in [0.1, 0.15) is 12.8 Å². The molecule has 1 amide bonds. The predicted molar refractivity (Wildman–Crippen MR) is 56.9 cm³/mol. The highest BCUT2D eigenvalue weighted by molar-refractivity contribution is 5.95. The Balaban J connectivity index is 2.78. The van der Waals surface area contributed by atoms with Crippen LogP contribution in [0.15, 0.2) is 23.0 Å². The van der Waals surface area contributed by atoms with Crippen LogP contribution in [0.25, 0.3) is 0 Å². The van der Waals surface area contributed by atoms with E-state index in [1.165, 1.54) is 24.5 Å². The highest BCUT2D eigenvalue weighted by Gasteiger charge is 2.22. The van der Waals surface area contributed by atoms with Crippen LogP contribution in [-0.2, 0) is 9.53 Å². The van der Waals surface area contributed by atoms with Gasteiger partial charge in [0.05, 0.1) is 18.9 Å². The molecule has 0 bridgehead atoms. The molecule has 88 valence electrons. The molecular weight excluding hydrogens is 210 g/mol. The van der Waals surface area contributed by atoms with Crippen LogP contribution in [0.3, 0.4) is 0 Å². The highest BCUT2D eigenvalue weighted by atomic mass is 16.5. The largest absolute Gasteiger partial charge is 0.472 e. The van der Waals surface area contributed by atoms with Gasteiger partial charge in [0.2, 0.25) is 0 Å². The topological polar surface area (TPSA) is 59.8 Å². The summed E-state index contributed by atoms with van der Waals surface area (Å²) in [5.41, 5.74) is 0.428. The summed E-state index contributed by atoms with van der Waals surface area (Å²) in [4.78, 5) is 24.5. The molecule has 0 saturated heterocycles. The maximum Gasteiger partial charge on any atom is 0.325 e. The summed E-state index contributed by atoms with van der Waals surface area (Å²) >= 11 is 0. The molecule has 16 heavy (non-hydrogen) atoms. The number of ether oxygens (including phenoxy) is 1. The van der Waals surface area contributed by atoms with E-state index in [1.807, 2.05) is 13.8 Å². The monoisotopic (exact) mass is 225 g/mol. The average molecular weight is 225 g/mol. The molecular formula is C11H15NO4. The van der Waals surface area contributed by atoms with Gasteiger partial charge in [-0.25, -0.2) is 0 Å². The Morgan fingerprint density at radius 3 is 2.62 bits per heavy atom. The Labute approximate surface area is 94.0 Å². The molecule has 1 aromatic rings. The van der Waals surface area contributed by atoms with Gasteiger partial charge < -0.3 is 14.1 Å². The molecule has 0 saturated carbocycles. The Kier molecular flexibility index (Phi) is 4.10. The van der Waals surface area contributed by atoms with Crippen LogP contribution in [-0.4, -0.2) is 36.5 Å². The Morgan fingerprint density at radius 2 is 2.19 bits per heavy atom. The smallest absolute Gasteiger partial charge is 0.325 e. The van der Waals surface area contributed by atoms with Crippen molar-refractivity contribution in [3.63, 3.8) is 0 Å². The van der Waals surface area contributed by atoms with E-state index in [9.17, 15) is 9.59 Å². The Morgan fingerprint density at radius 1 is 1.50 bits per heavy atom. The maximum absolute atomic E-state index is 12.0. The summed E-state index contributed by atoms with van der Waals surface area (Å²) in [6.45, 7) is 3.61. The van der Waals surface area contributed by atoms with Crippen molar-refractivity contribution in [3.05, 3.63) is 24.2 Å². The van der Waals surface area contributed by atoms with Crippen LogP contribution < -0.4 is 0 Å². The van der Waals surface area contributed by atoms with Gasteiger partial charge in [-0.1, -0.05) is 0 Å². The first kappa shape index (κ1) is 12.3. The van der Waals surface area contributed by atoms with Gasteiger partial charge >= 0.3 is 5.97 Å². The summed E-state index contributed by atoms with van der Waals surface area (Å²) in [6, 6.07) is 1.48. The second-order valence-electron chi connectivity index (χ2n) is 3.61. The van der Waals surface area contributed by atoms with Crippen molar-refractivity contribution < 1.29 is 18.7 Å². The molecule has 0 radical (unpaired) electrons. The van der Waals surface area contributed by atoms with Gasteiger partial charge in [0.25, 0.3) is 5.91 Å². The standard InChI is InChI=1S/C11H15NO4/c1-8(2)12(6-10(13)15-3)11(14)9-4-5-16-7-9/h4-5,7-8H,6H2,1-3H3. The third kappa shape index (κ3) is 2.85. The van der Waals surface area contributed by atoms with Crippen LogP contribution in [0.2, 0.25) is 0 Å². The molecule has 0 fully saturated rings. The lowest BCUT2D eigenvalue weighted by atomic mass is 10.2. The molecule has 0 aliphatic heterocycles. The summed E-state index contributed by atoms with van der Waals surface area (Å²) in [5.74, 6) is -0.681. The van der Waals surface area contributed by atoms with Crippen LogP contribution in [0.4, 0.5) is 0 Å². The second kappa shape index (κ2) is 5.34. The number of nitrogens with zero attached hydrogens (tertiary/aromatic N) is 1. The molecule has 1 rings (SSSR count). The van der Waals surface area contributed by atoms with E-state index in [2.05, 4.69) is 4.74 Å². The first-order valence-electron chi connectivity index (χ1n) is 4.96. The fourth-order valence-corrected chi connectivity index (χ4v) is 1.24. The zero-order chi connectivity index (χ0) is 12.1. The molecule has 5 nitrogen and oxygen atoms in total. The number of methoxy groups -OCH3 is 1. The number of hydrogen-bond acceptors (Lipinski definition) is 4. The lowest BCUT2D eigenvalue weighted by Crippen LogP contribution is -2.40. The van der Waals surface area contributed by atoms with Gasteiger partial charge in [-0.3, -0.25) is 9.59 Å². The maximum atomic E-state index is 12.0. The summed E-state index contributed by atoms with van der Waals surface area (Å²) in [5, 5.41) is 0. The second-order valence-corrected chi connectivity index (χ2v) is 3.61. The highest BCUT2D eigenvalue weighted by Crippen LogP contribution is 2.09. The zero-order valence-corrected chi connectivity index (χ0v) is 9.60. The van der Waals surface area contributed by atoms with Gasteiger partial charge in [-0.2, -0.15) is 0 Å². The SMILES string of the molecule is COC(=O)CN(C(=O)c1ccoc1)C(C)C. The van der Waals surface area contributed by atoms with Gasteiger partial charge in [-0.15, -0.1) is 0 Å². The average Bonchev–Trinajstić information content (AvgIpc) is 2.77. The summed E-state index contributed by atoms with van der Waals surface area (Å²) < 4.78 is 9.38. The first-order chi connectivity index (χ1) is 7.56. The van der Waals surface area contributed by atoms with E-state index < -0.39 is 5.97 Å². The van der Waals surface area contributed by atoms with Crippen molar-refractivity contribution >= 4 is 11.9 Å². The van der Waals surface area contributed by atoms with E-state index in [0.717, 1.165) is 0 Å². The zero-order valence-electron chi connectivity index (χ0n) is 9.60. The minimum atomic E-state index is -0.439. The first-order valence-corrected chi connectivity index (χ1v) is 4.96.